The smallest absolute Gasteiger partial charge is 0.133 e. The molecule has 0 spiro atoms. The van der Waals surface area contributed by atoms with Gasteiger partial charge in [0.1, 0.15) is 5.75 Å². The van der Waals surface area contributed by atoms with E-state index in [-0.39, 0.29) is 0 Å². The average Bonchev–Trinajstić information content (AvgIpc) is 2.42. The zero-order valence-corrected chi connectivity index (χ0v) is 13.3. The average molecular weight is 326 g/mol. The molecule has 106 valence electrons. The van der Waals surface area contributed by atoms with Crippen LogP contribution >= 0.6 is 15.9 Å². The van der Waals surface area contributed by atoms with Crippen molar-refractivity contribution in [1.82, 2.24) is 0 Å². The van der Waals surface area contributed by atoms with Crippen LogP contribution in [0.5, 0.6) is 5.75 Å². The number of hydrogen-bond acceptors (Lipinski definition) is 2. The van der Waals surface area contributed by atoms with Gasteiger partial charge in [0.2, 0.25) is 0 Å². The summed E-state index contributed by atoms with van der Waals surface area (Å²) in [6.07, 6.45) is 7.63. The van der Waals surface area contributed by atoms with Crippen LogP contribution in [0, 0.1) is 5.92 Å². The Balaban J connectivity index is 1.98. The molecule has 0 radical (unpaired) electrons. The van der Waals surface area contributed by atoms with Crippen LogP contribution in [0.3, 0.4) is 0 Å². The number of halogens is 1. The van der Waals surface area contributed by atoms with Crippen molar-refractivity contribution in [1.29, 1.82) is 0 Å². The molecule has 0 saturated heterocycles. The van der Waals surface area contributed by atoms with E-state index in [1.54, 1.807) is 0 Å². The van der Waals surface area contributed by atoms with Gasteiger partial charge in [-0.3, -0.25) is 0 Å². The van der Waals surface area contributed by atoms with E-state index in [0.717, 1.165) is 22.6 Å². The highest BCUT2D eigenvalue weighted by molar-refractivity contribution is 9.10. The molecule has 1 aromatic rings. The summed E-state index contributed by atoms with van der Waals surface area (Å²) >= 11 is 3.61. The Kier molecular flexibility index (Phi) is 5.71. The summed E-state index contributed by atoms with van der Waals surface area (Å²) in [6.45, 7) is 2.97. The first kappa shape index (κ1) is 14.9. The van der Waals surface area contributed by atoms with E-state index in [4.69, 9.17) is 10.5 Å². The quantitative estimate of drug-likeness (QED) is 0.876. The van der Waals surface area contributed by atoms with Crippen LogP contribution in [-0.2, 0) is 6.42 Å². The lowest BCUT2D eigenvalue weighted by Gasteiger charge is -2.29. The minimum absolute atomic E-state index is 0.385. The Hall–Kier alpha value is -0.540. The molecule has 1 aliphatic carbocycles. The molecule has 2 atom stereocenters. The van der Waals surface area contributed by atoms with E-state index in [9.17, 15) is 0 Å². The molecular weight excluding hydrogens is 302 g/mol. The van der Waals surface area contributed by atoms with Crippen LogP contribution in [0.1, 0.15) is 44.6 Å². The molecule has 0 amide bonds. The number of benzene rings is 1. The molecule has 1 fully saturated rings. The molecule has 0 heterocycles. The normalized spacial score (nSPS) is 23.3. The summed E-state index contributed by atoms with van der Waals surface area (Å²) in [7, 11) is 0. The largest absolute Gasteiger partial charge is 0.489 e. The van der Waals surface area contributed by atoms with Gasteiger partial charge in [0.25, 0.3) is 0 Å². The van der Waals surface area contributed by atoms with Crippen molar-refractivity contribution < 1.29 is 4.74 Å². The van der Waals surface area contributed by atoms with E-state index in [2.05, 4.69) is 41.1 Å². The number of ether oxygens (including phenoxy) is 1. The van der Waals surface area contributed by atoms with Crippen LogP contribution < -0.4 is 10.5 Å². The summed E-state index contributed by atoms with van der Waals surface area (Å²) in [5, 5.41) is 0. The summed E-state index contributed by atoms with van der Waals surface area (Å²) in [5.41, 5.74) is 6.84. The Labute approximate surface area is 124 Å². The predicted molar refractivity (Wildman–Crippen MR) is 83.6 cm³/mol. The van der Waals surface area contributed by atoms with Crippen molar-refractivity contribution in [3.63, 3.8) is 0 Å². The molecule has 2 nitrogen and oxygen atoms in total. The van der Waals surface area contributed by atoms with Gasteiger partial charge in [-0.25, -0.2) is 0 Å². The van der Waals surface area contributed by atoms with Gasteiger partial charge in [0, 0.05) is 0 Å². The van der Waals surface area contributed by atoms with Crippen molar-refractivity contribution in [3.05, 3.63) is 28.2 Å². The standard InChI is InChI=1S/C16H24BrNO/c1-2-12-4-3-5-14(10-12)19-16-7-6-13(8-9-18)11-15(16)17/h6-7,11-12,14H,2-5,8-10,18H2,1H3. The molecule has 2 N–H and O–H groups in total. The van der Waals surface area contributed by atoms with Crippen LogP contribution in [-0.4, -0.2) is 12.6 Å². The highest BCUT2D eigenvalue weighted by atomic mass is 79.9. The highest BCUT2D eigenvalue weighted by Gasteiger charge is 2.22. The fourth-order valence-corrected chi connectivity index (χ4v) is 3.38. The van der Waals surface area contributed by atoms with Gasteiger partial charge in [0.15, 0.2) is 0 Å². The summed E-state index contributed by atoms with van der Waals surface area (Å²) in [5.74, 6) is 1.82. The van der Waals surface area contributed by atoms with Gasteiger partial charge in [-0.2, -0.15) is 0 Å². The number of hydrogen-bond donors (Lipinski definition) is 1. The Morgan fingerprint density at radius 3 is 2.89 bits per heavy atom. The van der Waals surface area contributed by atoms with Crippen LogP contribution in [0.15, 0.2) is 22.7 Å². The van der Waals surface area contributed by atoms with E-state index in [1.165, 1.54) is 37.7 Å². The maximum absolute atomic E-state index is 6.17. The van der Waals surface area contributed by atoms with E-state index in [1.807, 2.05) is 0 Å². The van der Waals surface area contributed by atoms with E-state index >= 15 is 0 Å². The summed E-state index contributed by atoms with van der Waals surface area (Å²) in [6, 6.07) is 6.32. The van der Waals surface area contributed by atoms with Crippen molar-refractivity contribution in [2.45, 2.75) is 51.6 Å². The number of rotatable bonds is 5. The van der Waals surface area contributed by atoms with Crippen LogP contribution in [0.25, 0.3) is 0 Å². The summed E-state index contributed by atoms with van der Waals surface area (Å²) < 4.78 is 7.23. The first-order valence-electron chi connectivity index (χ1n) is 7.38. The molecule has 1 saturated carbocycles. The third kappa shape index (κ3) is 4.22. The third-order valence-electron chi connectivity index (χ3n) is 4.03. The van der Waals surface area contributed by atoms with Gasteiger partial charge in [-0.15, -0.1) is 0 Å². The van der Waals surface area contributed by atoms with Gasteiger partial charge < -0.3 is 10.5 Å². The number of nitrogens with two attached hydrogens (primary N) is 1. The van der Waals surface area contributed by atoms with E-state index < -0.39 is 0 Å². The monoisotopic (exact) mass is 325 g/mol. The van der Waals surface area contributed by atoms with Gasteiger partial charge in [-0.1, -0.05) is 25.8 Å². The minimum atomic E-state index is 0.385. The van der Waals surface area contributed by atoms with Crippen molar-refractivity contribution >= 4 is 15.9 Å². The Bertz CT molecular complexity index is 408. The third-order valence-corrected chi connectivity index (χ3v) is 4.65. The Morgan fingerprint density at radius 1 is 1.37 bits per heavy atom. The van der Waals surface area contributed by atoms with Gasteiger partial charge in [0.05, 0.1) is 10.6 Å². The molecule has 3 heteroatoms. The lowest BCUT2D eigenvalue weighted by atomic mass is 9.85. The summed E-state index contributed by atoms with van der Waals surface area (Å²) in [4.78, 5) is 0. The lowest BCUT2D eigenvalue weighted by molar-refractivity contribution is 0.121. The SMILES string of the molecule is CCC1CCCC(Oc2ccc(CCN)cc2Br)C1. The second-order valence-electron chi connectivity index (χ2n) is 5.48. The van der Waals surface area contributed by atoms with Crippen molar-refractivity contribution in [2.75, 3.05) is 6.54 Å². The second-order valence-corrected chi connectivity index (χ2v) is 6.34. The molecule has 1 aromatic carbocycles. The topological polar surface area (TPSA) is 35.2 Å². The van der Waals surface area contributed by atoms with Crippen molar-refractivity contribution in [3.8, 4) is 5.75 Å². The molecule has 0 aromatic heterocycles. The fraction of sp³-hybridized carbons (Fsp3) is 0.625. The zero-order valence-electron chi connectivity index (χ0n) is 11.7. The first-order valence-corrected chi connectivity index (χ1v) is 8.17. The molecule has 2 unspecified atom stereocenters. The van der Waals surface area contributed by atoms with Gasteiger partial charge in [-0.05, 0) is 71.8 Å². The first-order chi connectivity index (χ1) is 9.22. The molecule has 1 aliphatic rings. The van der Waals surface area contributed by atoms with E-state index in [0.29, 0.717) is 12.6 Å². The van der Waals surface area contributed by atoms with Crippen molar-refractivity contribution in [2.24, 2.45) is 11.7 Å². The fourth-order valence-electron chi connectivity index (χ4n) is 2.86. The molecule has 2 rings (SSSR count). The Morgan fingerprint density at radius 2 is 2.21 bits per heavy atom. The molecule has 0 aliphatic heterocycles. The van der Waals surface area contributed by atoms with Crippen LogP contribution in [0.4, 0.5) is 0 Å². The zero-order chi connectivity index (χ0) is 13.7. The minimum Gasteiger partial charge on any atom is -0.489 e. The maximum Gasteiger partial charge on any atom is 0.133 e. The molecule has 0 bridgehead atoms. The lowest BCUT2D eigenvalue weighted by Crippen LogP contribution is -2.25. The molecular formula is C16H24BrNO. The van der Waals surface area contributed by atoms with Gasteiger partial charge >= 0.3 is 0 Å². The highest BCUT2D eigenvalue weighted by Crippen LogP contribution is 2.33. The maximum atomic E-state index is 6.17. The predicted octanol–water partition coefficient (Wildman–Crippen LogP) is 4.30. The second kappa shape index (κ2) is 7.30. The molecule has 19 heavy (non-hydrogen) atoms. The van der Waals surface area contributed by atoms with Crippen LogP contribution in [0.2, 0.25) is 0 Å².